The minimum Gasteiger partial charge on any atom is -0.335 e. The molecule has 1 aliphatic rings. The van der Waals surface area contributed by atoms with Gasteiger partial charge in [-0.05, 0) is 54.6 Å². The quantitative estimate of drug-likeness (QED) is 0.576. The van der Waals surface area contributed by atoms with Crippen molar-refractivity contribution in [1.29, 1.82) is 0 Å². The minimum absolute atomic E-state index is 0.0479. The molecule has 2 amide bonds. The highest BCUT2D eigenvalue weighted by molar-refractivity contribution is 7.99. The van der Waals surface area contributed by atoms with E-state index in [2.05, 4.69) is 4.98 Å². The van der Waals surface area contributed by atoms with E-state index in [4.69, 9.17) is 11.6 Å². The normalized spacial score (nSPS) is 13.9. The van der Waals surface area contributed by atoms with Crippen molar-refractivity contribution >= 4 is 35.2 Å². The van der Waals surface area contributed by atoms with Gasteiger partial charge >= 0.3 is 0 Å². The van der Waals surface area contributed by atoms with Crippen LogP contribution in [-0.2, 0) is 0 Å². The fourth-order valence-electron chi connectivity index (χ4n) is 3.32. The molecule has 31 heavy (non-hydrogen) atoms. The summed E-state index contributed by atoms with van der Waals surface area (Å²) in [6.07, 6.45) is 1.74. The first-order chi connectivity index (χ1) is 15.0. The summed E-state index contributed by atoms with van der Waals surface area (Å²) in [5.41, 5.74) is 0.541. The predicted octanol–water partition coefficient (Wildman–Crippen LogP) is 4.62. The van der Waals surface area contributed by atoms with E-state index in [1.807, 2.05) is 30.3 Å². The maximum Gasteiger partial charge on any atom is 0.257 e. The number of aromatic nitrogens is 1. The van der Waals surface area contributed by atoms with Crippen LogP contribution in [0.5, 0.6) is 0 Å². The first-order valence-electron chi connectivity index (χ1n) is 9.74. The van der Waals surface area contributed by atoms with Gasteiger partial charge in [0.25, 0.3) is 11.8 Å². The topological polar surface area (TPSA) is 53.5 Å². The molecule has 0 unspecified atom stereocenters. The monoisotopic (exact) mass is 455 g/mol. The van der Waals surface area contributed by atoms with E-state index in [1.54, 1.807) is 28.1 Å². The second-order valence-electron chi connectivity index (χ2n) is 7.00. The first-order valence-corrected chi connectivity index (χ1v) is 10.9. The van der Waals surface area contributed by atoms with Gasteiger partial charge in [0.2, 0.25) is 0 Å². The molecule has 2 aromatic carbocycles. The van der Waals surface area contributed by atoms with Crippen LogP contribution in [0.3, 0.4) is 0 Å². The molecule has 0 bridgehead atoms. The van der Waals surface area contributed by atoms with Gasteiger partial charge in [-0.25, -0.2) is 9.37 Å². The summed E-state index contributed by atoms with van der Waals surface area (Å²) in [4.78, 5) is 34.0. The van der Waals surface area contributed by atoms with E-state index < -0.39 is 11.7 Å². The SMILES string of the molecule is O=C(c1ccc(Sc2ccccn2)cc1)N1CCN(C(=O)c2cc(Cl)ccc2F)CC1. The van der Waals surface area contributed by atoms with Crippen molar-refractivity contribution < 1.29 is 14.0 Å². The number of pyridine rings is 1. The molecule has 3 aromatic rings. The molecule has 0 saturated carbocycles. The summed E-state index contributed by atoms with van der Waals surface area (Å²) in [7, 11) is 0. The van der Waals surface area contributed by atoms with Crippen molar-refractivity contribution in [3.63, 3.8) is 0 Å². The number of benzene rings is 2. The highest BCUT2D eigenvalue weighted by atomic mass is 35.5. The molecule has 5 nitrogen and oxygen atoms in total. The Kier molecular flexibility index (Phi) is 6.53. The average Bonchev–Trinajstić information content (AvgIpc) is 2.81. The zero-order chi connectivity index (χ0) is 21.8. The highest BCUT2D eigenvalue weighted by Crippen LogP contribution is 2.26. The standard InChI is InChI=1S/C23H19ClFN3O2S/c24-17-6-9-20(25)19(15-17)23(30)28-13-11-27(12-14-28)22(29)16-4-7-18(8-5-16)31-21-3-1-2-10-26-21/h1-10,15H,11-14H2. The molecule has 0 N–H and O–H groups in total. The molecule has 1 aliphatic heterocycles. The lowest BCUT2D eigenvalue weighted by Gasteiger charge is -2.35. The summed E-state index contributed by atoms with van der Waals surface area (Å²) in [6, 6.07) is 17.0. The van der Waals surface area contributed by atoms with Gasteiger partial charge in [-0.1, -0.05) is 29.4 Å². The molecule has 0 spiro atoms. The summed E-state index contributed by atoms with van der Waals surface area (Å²) in [5.74, 6) is -1.10. The third kappa shape index (κ3) is 5.06. The second-order valence-corrected chi connectivity index (χ2v) is 8.53. The summed E-state index contributed by atoms with van der Waals surface area (Å²) < 4.78 is 14.0. The molecular formula is C23H19ClFN3O2S. The van der Waals surface area contributed by atoms with Crippen LogP contribution < -0.4 is 0 Å². The van der Waals surface area contributed by atoms with E-state index in [0.717, 1.165) is 9.92 Å². The third-order valence-corrected chi connectivity index (χ3v) is 6.17. The molecule has 4 rings (SSSR count). The molecule has 1 saturated heterocycles. The van der Waals surface area contributed by atoms with Crippen LogP contribution in [0.15, 0.2) is 76.8 Å². The highest BCUT2D eigenvalue weighted by Gasteiger charge is 2.27. The Bertz CT molecular complexity index is 1090. The molecule has 8 heteroatoms. The fourth-order valence-corrected chi connectivity index (χ4v) is 4.27. The van der Waals surface area contributed by atoms with E-state index in [1.165, 1.54) is 30.0 Å². The van der Waals surface area contributed by atoms with Gasteiger partial charge in [-0.15, -0.1) is 0 Å². The number of nitrogens with zero attached hydrogens (tertiary/aromatic N) is 3. The van der Waals surface area contributed by atoms with Gasteiger partial charge in [0.05, 0.1) is 5.56 Å². The lowest BCUT2D eigenvalue weighted by Crippen LogP contribution is -2.50. The molecule has 0 aliphatic carbocycles. The number of carbonyl (C=O) groups is 2. The fraction of sp³-hybridized carbons (Fsp3) is 0.174. The molecule has 158 valence electrons. The van der Waals surface area contributed by atoms with Crippen molar-refractivity contribution in [2.24, 2.45) is 0 Å². The van der Waals surface area contributed by atoms with Crippen molar-refractivity contribution in [3.8, 4) is 0 Å². The molecule has 0 atom stereocenters. The van der Waals surface area contributed by atoms with Crippen LogP contribution in [0.25, 0.3) is 0 Å². The van der Waals surface area contributed by atoms with Gasteiger partial charge in [0.1, 0.15) is 10.8 Å². The summed E-state index contributed by atoms with van der Waals surface area (Å²) >= 11 is 7.42. The van der Waals surface area contributed by atoms with E-state index >= 15 is 0 Å². The van der Waals surface area contributed by atoms with Crippen molar-refractivity contribution in [1.82, 2.24) is 14.8 Å². The van der Waals surface area contributed by atoms with E-state index in [0.29, 0.717) is 36.8 Å². The molecule has 2 heterocycles. The van der Waals surface area contributed by atoms with Crippen LogP contribution >= 0.6 is 23.4 Å². The molecular weight excluding hydrogens is 437 g/mol. The number of piperazine rings is 1. The number of rotatable bonds is 4. The first kappa shape index (κ1) is 21.3. The lowest BCUT2D eigenvalue weighted by molar-refractivity contribution is 0.0533. The average molecular weight is 456 g/mol. The third-order valence-electron chi connectivity index (χ3n) is 4.97. The maximum absolute atomic E-state index is 14.0. The Morgan fingerprint density at radius 1 is 0.903 bits per heavy atom. The Balaban J connectivity index is 1.36. The van der Waals surface area contributed by atoms with Crippen molar-refractivity contribution in [3.05, 3.63) is 88.8 Å². The molecule has 1 aromatic heterocycles. The van der Waals surface area contributed by atoms with Gasteiger partial charge in [-0.3, -0.25) is 9.59 Å². The van der Waals surface area contributed by atoms with Crippen LogP contribution in [0.1, 0.15) is 20.7 Å². The van der Waals surface area contributed by atoms with Gasteiger partial charge in [0.15, 0.2) is 0 Å². The Hall–Kier alpha value is -2.90. The predicted molar refractivity (Wildman–Crippen MR) is 118 cm³/mol. The zero-order valence-electron chi connectivity index (χ0n) is 16.5. The maximum atomic E-state index is 14.0. The largest absolute Gasteiger partial charge is 0.335 e. The Labute approximate surface area is 188 Å². The number of hydrogen-bond acceptors (Lipinski definition) is 4. The molecule has 1 fully saturated rings. The Morgan fingerprint density at radius 2 is 1.58 bits per heavy atom. The van der Waals surface area contributed by atoms with Crippen molar-refractivity contribution in [2.45, 2.75) is 9.92 Å². The van der Waals surface area contributed by atoms with Gasteiger partial charge < -0.3 is 9.80 Å². The summed E-state index contributed by atoms with van der Waals surface area (Å²) in [5, 5.41) is 1.20. The zero-order valence-corrected chi connectivity index (χ0v) is 18.1. The number of halogens is 2. The Morgan fingerprint density at radius 3 is 2.23 bits per heavy atom. The van der Waals surface area contributed by atoms with Gasteiger partial charge in [-0.2, -0.15) is 0 Å². The summed E-state index contributed by atoms with van der Waals surface area (Å²) in [6.45, 7) is 1.45. The van der Waals surface area contributed by atoms with Crippen LogP contribution in [-0.4, -0.2) is 52.8 Å². The van der Waals surface area contributed by atoms with E-state index in [-0.39, 0.29) is 11.5 Å². The van der Waals surface area contributed by atoms with Crippen LogP contribution in [0.2, 0.25) is 5.02 Å². The second kappa shape index (κ2) is 9.49. The van der Waals surface area contributed by atoms with Crippen molar-refractivity contribution in [2.75, 3.05) is 26.2 Å². The van der Waals surface area contributed by atoms with Gasteiger partial charge in [0, 0.05) is 47.9 Å². The smallest absolute Gasteiger partial charge is 0.257 e. The minimum atomic E-state index is -0.600. The number of amides is 2. The number of carbonyl (C=O) groups excluding carboxylic acids is 2. The number of hydrogen-bond donors (Lipinski definition) is 0. The lowest BCUT2D eigenvalue weighted by atomic mass is 10.1. The molecule has 0 radical (unpaired) electrons. The van der Waals surface area contributed by atoms with Crippen LogP contribution in [0, 0.1) is 5.82 Å². The van der Waals surface area contributed by atoms with E-state index in [9.17, 15) is 14.0 Å². The van der Waals surface area contributed by atoms with Crippen LogP contribution in [0.4, 0.5) is 4.39 Å².